The number of ether oxygens (including phenoxy) is 2. The van der Waals surface area contributed by atoms with Crippen LogP contribution in [-0.4, -0.2) is 46.0 Å². The lowest BCUT2D eigenvalue weighted by Crippen LogP contribution is -2.36. The first kappa shape index (κ1) is 28.1. The molecule has 194 valence electrons. The molecule has 0 radical (unpaired) electrons. The number of nitrogens with one attached hydrogen (secondary N) is 1. The zero-order valence-electron chi connectivity index (χ0n) is 21.3. The summed E-state index contributed by atoms with van der Waals surface area (Å²) in [4.78, 5) is 11.0. The summed E-state index contributed by atoms with van der Waals surface area (Å²) in [5.41, 5.74) is 0.462. The molecular weight excluding hydrogens is 466 g/mol. The highest BCUT2D eigenvalue weighted by Crippen LogP contribution is 2.43. The van der Waals surface area contributed by atoms with Crippen molar-refractivity contribution in [3.8, 4) is 0 Å². The number of aliphatic hydroxyl groups excluding tert-OH is 1. The van der Waals surface area contributed by atoms with Crippen molar-refractivity contribution in [2.45, 2.75) is 114 Å². The van der Waals surface area contributed by atoms with Crippen LogP contribution in [-0.2, 0) is 14.3 Å². The molecule has 6 atom stereocenters. The third-order valence-electron chi connectivity index (χ3n) is 7.37. The zero-order valence-corrected chi connectivity index (χ0v) is 22.9. The number of aldehydes is 1. The van der Waals surface area contributed by atoms with Crippen molar-refractivity contribution in [2.24, 2.45) is 11.8 Å². The van der Waals surface area contributed by atoms with Crippen LogP contribution in [0.3, 0.4) is 0 Å². The predicted octanol–water partition coefficient (Wildman–Crippen LogP) is 6.38. The zero-order chi connectivity index (χ0) is 24.4. The highest BCUT2D eigenvalue weighted by molar-refractivity contribution is 8.19. The van der Waals surface area contributed by atoms with Crippen molar-refractivity contribution in [3.05, 3.63) is 23.3 Å². The van der Waals surface area contributed by atoms with Crippen LogP contribution in [0.2, 0.25) is 0 Å². The van der Waals surface area contributed by atoms with Crippen LogP contribution in [0.15, 0.2) is 23.3 Å². The molecule has 2 fully saturated rings. The topological polar surface area (TPSA) is 67.8 Å². The molecule has 1 saturated heterocycles. The average Bonchev–Trinajstić information content (AvgIpc) is 3.37. The van der Waals surface area contributed by atoms with Gasteiger partial charge in [0.1, 0.15) is 4.20 Å². The van der Waals surface area contributed by atoms with Crippen LogP contribution in [0.4, 0.5) is 0 Å². The number of hydrogen-bond acceptors (Lipinski definition) is 7. The van der Waals surface area contributed by atoms with Gasteiger partial charge in [0.05, 0.1) is 17.4 Å². The minimum absolute atomic E-state index is 0.0653. The van der Waals surface area contributed by atoms with Crippen LogP contribution in [0, 0.1) is 11.8 Å². The minimum atomic E-state index is -0.223. The Bertz CT molecular complexity index is 696. The molecule has 2 heterocycles. The summed E-state index contributed by atoms with van der Waals surface area (Å²) >= 11 is 3.48. The fraction of sp³-hybridized carbons (Fsp3) is 0.815. The number of carbonyl (C=O) groups is 1. The summed E-state index contributed by atoms with van der Waals surface area (Å²) in [7, 11) is 0. The van der Waals surface area contributed by atoms with E-state index in [1.54, 1.807) is 11.8 Å². The second-order valence-electron chi connectivity index (χ2n) is 10.4. The molecule has 7 heteroatoms. The Balaban J connectivity index is 1.50. The molecule has 0 aromatic rings. The maximum atomic E-state index is 11.0. The SMILES string of the molecule is CCCCCC(C)(C/C=C/[C@H]1CC[C@H](O)[C@@H]1CCSC1(C)NC(C=O)=CS1)OC1CCCCO1. The van der Waals surface area contributed by atoms with Gasteiger partial charge in [-0.15, -0.1) is 11.8 Å². The van der Waals surface area contributed by atoms with Crippen LogP contribution >= 0.6 is 23.5 Å². The van der Waals surface area contributed by atoms with Gasteiger partial charge in [0.2, 0.25) is 0 Å². The van der Waals surface area contributed by atoms with Gasteiger partial charge in [0.15, 0.2) is 12.6 Å². The van der Waals surface area contributed by atoms with Crippen molar-refractivity contribution >= 4 is 29.8 Å². The quantitative estimate of drug-likeness (QED) is 0.159. The largest absolute Gasteiger partial charge is 0.393 e. The van der Waals surface area contributed by atoms with Gasteiger partial charge in [-0.3, -0.25) is 4.79 Å². The van der Waals surface area contributed by atoms with Crippen molar-refractivity contribution in [1.82, 2.24) is 5.32 Å². The van der Waals surface area contributed by atoms with Crippen molar-refractivity contribution < 1.29 is 19.4 Å². The molecular formula is C27H45NO4S2. The lowest BCUT2D eigenvalue weighted by Gasteiger charge is -2.35. The first-order valence-electron chi connectivity index (χ1n) is 13.3. The van der Waals surface area contributed by atoms with Gasteiger partial charge in [-0.25, -0.2) is 0 Å². The summed E-state index contributed by atoms with van der Waals surface area (Å²) in [6, 6.07) is 0. The van der Waals surface area contributed by atoms with E-state index >= 15 is 0 Å². The standard InChI is InChI=1S/C27H45NO4S2/c1-4-5-7-15-26(2,32-25-11-6-8-17-31-25)16-9-10-21-12-13-24(30)23(21)14-18-33-27(3)28-22(19-29)20-34-27/h9-10,19-21,23-25,28,30H,4-8,11-18H2,1-3H3/b10-9+/t21-,23+,24-,25?,26?,27?/m0/s1. The van der Waals surface area contributed by atoms with Gasteiger partial charge in [-0.1, -0.05) is 50.1 Å². The number of rotatable bonds is 14. The second-order valence-corrected chi connectivity index (χ2v) is 13.5. The molecule has 2 N–H and O–H groups in total. The fourth-order valence-corrected chi connectivity index (χ4v) is 7.59. The predicted molar refractivity (Wildman–Crippen MR) is 144 cm³/mol. The third-order valence-corrected chi connectivity index (χ3v) is 10.0. The van der Waals surface area contributed by atoms with Crippen LogP contribution in [0.25, 0.3) is 0 Å². The van der Waals surface area contributed by atoms with E-state index in [9.17, 15) is 9.90 Å². The van der Waals surface area contributed by atoms with Gasteiger partial charge in [0.25, 0.3) is 0 Å². The average molecular weight is 512 g/mol. The van der Waals surface area contributed by atoms with E-state index in [0.29, 0.717) is 17.5 Å². The third kappa shape index (κ3) is 8.58. The van der Waals surface area contributed by atoms with Gasteiger partial charge < -0.3 is 19.9 Å². The second kappa shape index (κ2) is 13.7. The van der Waals surface area contributed by atoms with Crippen LogP contribution < -0.4 is 5.32 Å². The van der Waals surface area contributed by atoms with Gasteiger partial charge in [-0.05, 0) is 82.8 Å². The van der Waals surface area contributed by atoms with Crippen LogP contribution in [0.1, 0.15) is 91.4 Å². The fourth-order valence-electron chi connectivity index (χ4n) is 5.31. The number of allylic oxidation sites excluding steroid dienone is 2. The highest BCUT2D eigenvalue weighted by Gasteiger charge is 2.36. The molecule has 3 aliphatic rings. The molecule has 3 rings (SSSR count). The molecule has 1 aliphatic carbocycles. The summed E-state index contributed by atoms with van der Waals surface area (Å²) in [6.07, 6.45) is 17.1. The maximum Gasteiger partial charge on any atom is 0.166 e. The van der Waals surface area contributed by atoms with Crippen molar-refractivity contribution in [1.29, 1.82) is 0 Å². The first-order valence-corrected chi connectivity index (χ1v) is 15.1. The number of carbonyl (C=O) groups excluding carboxylic acids is 1. The van der Waals surface area contributed by atoms with Crippen LogP contribution in [0.5, 0.6) is 0 Å². The first-order chi connectivity index (χ1) is 16.4. The molecule has 1 saturated carbocycles. The van der Waals surface area contributed by atoms with Gasteiger partial charge >= 0.3 is 0 Å². The highest BCUT2D eigenvalue weighted by atomic mass is 32.2. The molecule has 34 heavy (non-hydrogen) atoms. The number of thioether (sulfide) groups is 2. The molecule has 0 aromatic carbocycles. The smallest absolute Gasteiger partial charge is 0.166 e. The Hall–Kier alpha value is -0.470. The Morgan fingerprint density at radius 3 is 2.91 bits per heavy atom. The van der Waals surface area contributed by atoms with E-state index in [-0.39, 0.29) is 22.2 Å². The van der Waals surface area contributed by atoms with E-state index in [1.165, 1.54) is 25.7 Å². The van der Waals surface area contributed by atoms with E-state index in [1.807, 2.05) is 17.2 Å². The molecule has 0 aromatic heterocycles. The number of unbranched alkanes of at least 4 members (excludes halogenated alkanes) is 2. The molecule has 2 aliphatic heterocycles. The molecule has 0 amide bonds. The summed E-state index contributed by atoms with van der Waals surface area (Å²) < 4.78 is 12.2. The lowest BCUT2D eigenvalue weighted by atomic mass is 9.89. The van der Waals surface area contributed by atoms with Gasteiger partial charge in [-0.2, -0.15) is 0 Å². The van der Waals surface area contributed by atoms with Crippen molar-refractivity contribution in [2.75, 3.05) is 12.4 Å². The minimum Gasteiger partial charge on any atom is -0.393 e. The molecule has 0 spiro atoms. The molecule has 3 unspecified atom stereocenters. The summed E-state index contributed by atoms with van der Waals surface area (Å²) in [6.45, 7) is 7.42. The van der Waals surface area contributed by atoms with E-state index < -0.39 is 0 Å². The van der Waals surface area contributed by atoms with E-state index in [0.717, 1.165) is 63.6 Å². The number of hydrogen-bond donors (Lipinski definition) is 2. The summed E-state index contributed by atoms with van der Waals surface area (Å²) in [5, 5.41) is 15.8. The van der Waals surface area contributed by atoms with E-state index in [4.69, 9.17) is 9.47 Å². The monoisotopic (exact) mass is 511 g/mol. The molecule has 5 nitrogen and oxygen atoms in total. The maximum absolute atomic E-state index is 11.0. The lowest BCUT2D eigenvalue weighted by molar-refractivity contribution is -0.221. The molecule has 0 bridgehead atoms. The Labute approximate surface area is 215 Å². The normalized spacial score (nSPS) is 33.6. The number of aliphatic hydroxyl groups is 1. The summed E-state index contributed by atoms with van der Waals surface area (Å²) in [5.74, 6) is 1.67. The van der Waals surface area contributed by atoms with Crippen molar-refractivity contribution in [3.63, 3.8) is 0 Å². The Kier molecular flexibility index (Phi) is 11.4. The van der Waals surface area contributed by atoms with Gasteiger partial charge in [0, 0.05) is 12.0 Å². The van der Waals surface area contributed by atoms with E-state index in [2.05, 4.69) is 38.2 Å². The Morgan fingerprint density at radius 2 is 2.21 bits per heavy atom. The Morgan fingerprint density at radius 1 is 1.35 bits per heavy atom.